The minimum absolute atomic E-state index is 0.0231. The summed E-state index contributed by atoms with van der Waals surface area (Å²) in [4.78, 5) is 38.9. The maximum absolute atomic E-state index is 13.0. The minimum Gasteiger partial charge on any atom is -0.491 e. The van der Waals surface area contributed by atoms with Crippen LogP contribution >= 0.6 is 22.7 Å². The van der Waals surface area contributed by atoms with Crippen LogP contribution < -0.4 is 20.3 Å². The Balaban J connectivity index is 0.889. The van der Waals surface area contributed by atoms with Gasteiger partial charge in [0.2, 0.25) is 5.78 Å². The van der Waals surface area contributed by atoms with Gasteiger partial charge >= 0.3 is 0 Å². The lowest BCUT2D eigenvalue weighted by Crippen LogP contribution is -2.39. The fourth-order valence-corrected chi connectivity index (χ4v) is 7.60. The van der Waals surface area contributed by atoms with Crippen LogP contribution in [-0.4, -0.2) is 43.9 Å². The van der Waals surface area contributed by atoms with Crippen molar-refractivity contribution >= 4 is 68.8 Å². The predicted octanol–water partition coefficient (Wildman–Crippen LogP) is 8.54. The molecule has 0 amide bonds. The summed E-state index contributed by atoms with van der Waals surface area (Å²) in [5, 5.41) is 2.66. The van der Waals surface area contributed by atoms with E-state index in [1.807, 2.05) is 79.7 Å². The van der Waals surface area contributed by atoms with Gasteiger partial charge in [0.05, 0.1) is 12.7 Å². The topological polar surface area (TPSA) is 88.1 Å². The summed E-state index contributed by atoms with van der Waals surface area (Å²) in [7, 11) is 0. The van der Waals surface area contributed by atoms with Crippen molar-refractivity contribution in [3.8, 4) is 11.5 Å². The zero-order chi connectivity index (χ0) is 33.7. The van der Waals surface area contributed by atoms with Crippen LogP contribution in [0, 0.1) is 0 Å². The van der Waals surface area contributed by atoms with E-state index in [0.717, 1.165) is 43.4 Å². The average molecular weight is 683 g/mol. The van der Waals surface area contributed by atoms with Crippen LogP contribution in [0.2, 0.25) is 0 Å². The summed E-state index contributed by atoms with van der Waals surface area (Å²) < 4.78 is 27.3. The smallest absolute Gasteiger partial charge is 0.201 e. The molecule has 4 aromatic carbocycles. The first kappa shape index (κ1) is 33.7. The van der Waals surface area contributed by atoms with E-state index in [9.17, 15) is 14.4 Å². The molecule has 9 heteroatoms. The van der Waals surface area contributed by atoms with Crippen molar-refractivity contribution in [2.24, 2.45) is 0 Å². The number of hydrogen-bond donors (Lipinski definition) is 0. The lowest BCUT2D eigenvalue weighted by atomic mass is 10.0. The first-order chi connectivity index (χ1) is 23.2. The molecule has 0 aliphatic carbocycles. The molecule has 0 aliphatic heterocycles. The predicted molar refractivity (Wildman–Crippen MR) is 196 cm³/mol. The number of unbranched alkanes of at least 4 members (excludes halogenated alkanes) is 1. The van der Waals surface area contributed by atoms with Gasteiger partial charge in [-0.3, -0.25) is 14.4 Å². The Morgan fingerprint density at radius 2 is 1.21 bits per heavy atom. The molecule has 1 unspecified atom stereocenters. The molecule has 248 valence electrons. The maximum Gasteiger partial charge on any atom is 0.201 e. The second kappa shape index (κ2) is 15.0. The van der Waals surface area contributed by atoms with E-state index < -0.39 is 5.60 Å². The molecule has 0 saturated carbocycles. The normalized spacial score (nSPS) is 12.6. The van der Waals surface area contributed by atoms with E-state index in [1.54, 1.807) is 48.7 Å². The zero-order valence-corrected chi connectivity index (χ0v) is 28.9. The summed E-state index contributed by atoms with van der Waals surface area (Å²) in [5.41, 5.74) is -1.01. The van der Waals surface area contributed by atoms with E-state index in [4.69, 9.17) is 18.9 Å². The second-order valence-corrected chi connectivity index (χ2v) is 14.4. The van der Waals surface area contributed by atoms with Gasteiger partial charge in [0.1, 0.15) is 30.3 Å². The van der Waals surface area contributed by atoms with E-state index in [0.29, 0.717) is 47.5 Å². The van der Waals surface area contributed by atoms with Gasteiger partial charge in [0.15, 0.2) is 10.9 Å². The summed E-state index contributed by atoms with van der Waals surface area (Å²) in [5.74, 6) is 0.963. The van der Waals surface area contributed by atoms with Gasteiger partial charge in [-0.1, -0.05) is 24.3 Å². The number of fused-ring (bicyclic) bond motifs is 4. The Morgan fingerprint density at radius 3 is 1.81 bits per heavy atom. The Bertz CT molecular complexity index is 2200. The maximum atomic E-state index is 13.0. The lowest BCUT2D eigenvalue weighted by molar-refractivity contribution is -0.142. The molecule has 1 atom stereocenters. The molecule has 7 nitrogen and oxygen atoms in total. The molecule has 0 aliphatic rings. The SMILES string of the molecule is CC(CCCCOC(C)(C)C(=O)COc1ccc2sc3ccccc3c(=O)c2c1)OCCOc1ccc2sc3ccccc3c(=O)c2c1. The van der Waals surface area contributed by atoms with Crippen molar-refractivity contribution in [3.05, 3.63) is 105 Å². The van der Waals surface area contributed by atoms with Crippen LogP contribution in [0.4, 0.5) is 0 Å². The van der Waals surface area contributed by atoms with Crippen LogP contribution in [0.5, 0.6) is 11.5 Å². The highest BCUT2D eigenvalue weighted by atomic mass is 32.1. The van der Waals surface area contributed by atoms with E-state index in [1.165, 1.54) is 0 Å². The highest BCUT2D eigenvalue weighted by molar-refractivity contribution is 7.24. The standard InChI is InChI=1S/C39H38O7S2/c1-25(43-20-21-44-26-15-17-34-30(22-26)37(41)28-11-4-6-13-32(28)47-34)10-8-9-19-46-39(2,3)36(40)24-45-27-16-18-35-31(23-27)38(42)29-12-5-7-14-33(29)48-35/h4-7,11-18,22-23,25H,8-10,19-21,24H2,1-3H3. The molecule has 48 heavy (non-hydrogen) atoms. The Morgan fingerprint density at radius 1 is 0.667 bits per heavy atom. The summed E-state index contributed by atoms with van der Waals surface area (Å²) in [6.07, 6.45) is 2.58. The number of rotatable bonds is 15. The van der Waals surface area contributed by atoms with Gasteiger partial charge in [-0.05, 0) is 101 Å². The lowest BCUT2D eigenvalue weighted by Gasteiger charge is -2.24. The molecular weight excluding hydrogens is 645 g/mol. The van der Waals surface area contributed by atoms with Crippen molar-refractivity contribution in [1.82, 2.24) is 0 Å². The quantitative estimate of drug-likeness (QED) is 0.0793. The van der Waals surface area contributed by atoms with Gasteiger partial charge in [-0.15, -0.1) is 22.7 Å². The molecule has 0 radical (unpaired) electrons. The van der Waals surface area contributed by atoms with Crippen LogP contribution in [0.25, 0.3) is 40.3 Å². The van der Waals surface area contributed by atoms with Gasteiger partial charge in [0.25, 0.3) is 0 Å². The molecule has 0 bridgehead atoms. The number of benzene rings is 4. The third-order valence-electron chi connectivity index (χ3n) is 8.36. The van der Waals surface area contributed by atoms with Crippen molar-refractivity contribution in [2.45, 2.75) is 51.7 Å². The van der Waals surface area contributed by atoms with Crippen molar-refractivity contribution in [2.75, 3.05) is 26.4 Å². The number of Topliss-reactive ketones (excluding diaryl/α,β-unsaturated/α-hetero) is 1. The van der Waals surface area contributed by atoms with Crippen molar-refractivity contribution in [1.29, 1.82) is 0 Å². The molecule has 2 heterocycles. The summed E-state index contributed by atoms with van der Waals surface area (Å²) in [6, 6.07) is 26.2. The molecule has 0 saturated heterocycles. The number of carbonyl (C=O) groups is 1. The second-order valence-electron chi connectivity index (χ2n) is 12.3. The Labute approximate surface area is 286 Å². The van der Waals surface area contributed by atoms with E-state index in [2.05, 4.69) is 0 Å². The minimum atomic E-state index is -0.998. The fraction of sp³-hybridized carbons (Fsp3) is 0.308. The third-order valence-corrected chi connectivity index (χ3v) is 10.7. The monoisotopic (exact) mass is 682 g/mol. The third kappa shape index (κ3) is 7.76. The first-order valence-electron chi connectivity index (χ1n) is 16.2. The molecule has 0 N–H and O–H groups in total. The highest BCUT2D eigenvalue weighted by Crippen LogP contribution is 2.29. The molecule has 0 fully saturated rings. The number of hydrogen-bond acceptors (Lipinski definition) is 9. The number of ether oxygens (including phenoxy) is 4. The first-order valence-corrected chi connectivity index (χ1v) is 17.8. The molecule has 6 rings (SSSR count). The summed E-state index contributed by atoms with van der Waals surface area (Å²) >= 11 is 3.16. The van der Waals surface area contributed by atoms with Crippen molar-refractivity contribution in [3.63, 3.8) is 0 Å². The molecule has 0 spiro atoms. The number of ketones is 1. The van der Waals surface area contributed by atoms with Gasteiger partial charge < -0.3 is 18.9 Å². The van der Waals surface area contributed by atoms with E-state index >= 15 is 0 Å². The van der Waals surface area contributed by atoms with Gasteiger partial charge in [0, 0.05) is 47.0 Å². The Hall–Kier alpha value is -4.15. The van der Waals surface area contributed by atoms with Crippen LogP contribution in [0.1, 0.15) is 40.0 Å². The fourth-order valence-electron chi connectivity index (χ4n) is 5.50. The van der Waals surface area contributed by atoms with Gasteiger partial charge in [-0.25, -0.2) is 0 Å². The molecular formula is C39H38O7S2. The molecule has 6 aromatic rings. The Kier molecular flexibility index (Phi) is 10.5. The van der Waals surface area contributed by atoms with Crippen LogP contribution in [-0.2, 0) is 14.3 Å². The zero-order valence-electron chi connectivity index (χ0n) is 27.3. The van der Waals surface area contributed by atoms with Gasteiger partial charge in [-0.2, -0.15) is 0 Å². The average Bonchev–Trinajstić information content (AvgIpc) is 3.09. The van der Waals surface area contributed by atoms with E-state index in [-0.39, 0.29) is 29.4 Å². The van der Waals surface area contributed by atoms with Crippen molar-refractivity contribution < 1.29 is 23.7 Å². The molecule has 2 aromatic heterocycles. The number of carbonyl (C=O) groups excluding carboxylic acids is 1. The highest BCUT2D eigenvalue weighted by Gasteiger charge is 2.28. The van der Waals surface area contributed by atoms with Crippen LogP contribution in [0.3, 0.4) is 0 Å². The summed E-state index contributed by atoms with van der Waals surface area (Å²) in [6.45, 7) is 6.66. The van der Waals surface area contributed by atoms with Crippen LogP contribution in [0.15, 0.2) is 94.5 Å². The largest absolute Gasteiger partial charge is 0.491 e.